The number of amides is 1. The summed E-state index contributed by atoms with van der Waals surface area (Å²) in [6.45, 7) is 1.38. The molecule has 110 valence electrons. The Morgan fingerprint density at radius 2 is 1.76 bits per heavy atom. The zero-order valence-electron chi connectivity index (χ0n) is 11.3. The van der Waals surface area contributed by atoms with E-state index in [1.807, 2.05) is 6.07 Å². The van der Waals surface area contributed by atoms with Crippen molar-refractivity contribution in [3.63, 3.8) is 0 Å². The van der Waals surface area contributed by atoms with Gasteiger partial charge in [0.15, 0.2) is 9.84 Å². The van der Waals surface area contributed by atoms with E-state index in [2.05, 4.69) is 21.2 Å². The Kier molecular flexibility index (Phi) is 4.80. The van der Waals surface area contributed by atoms with Gasteiger partial charge in [-0.25, -0.2) is 8.42 Å². The summed E-state index contributed by atoms with van der Waals surface area (Å²) in [4.78, 5) is 12.3. The van der Waals surface area contributed by atoms with Crippen molar-refractivity contribution in [3.8, 4) is 0 Å². The van der Waals surface area contributed by atoms with Crippen molar-refractivity contribution in [2.24, 2.45) is 0 Å². The van der Waals surface area contributed by atoms with E-state index in [0.29, 0.717) is 5.69 Å². The molecule has 0 heterocycles. The number of carbonyl (C=O) groups excluding carboxylic acids is 1. The quantitative estimate of drug-likeness (QED) is 0.901. The number of hydrogen-bond acceptors (Lipinski definition) is 3. The molecule has 1 atom stereocenters. The van der Waals surface area contributed by atoms with E-state index in [1.165, 1.54) is 19.1 Å². The van der Waals surface area contributed by atoms with Gasteiger partial charge in [-0.1, -0.05) is 40.2 Å². The van der Waals surface area contributed by atoms with Crippen LogP contribution < -0.4 is 5.32 Å². The second-order valence-electron chi connectivity index (χ2n) is 4.50. The second-order valence-corrected chi connectivity index (χ2v) is 7.68. The first-order valence-electron chi connectivity index (χ1n) is 6.26. The van der Waals surface area contributed by atoms with E-state index in [0.717, 1.165) is 4.47 Å². The normalized spacial score (nSPS) is 12.7. The fraction of sp³-hybridized carbons (Fsp3) is 0.133. The zero-order valence-corrected chi connectivity index (χ0v) is 13.7. The summed E-state index contributed by atoms with van der Waals surface area (Å²) in [6.07, 6.45) is 0. The molecule has 0 fully saturated rings. The Hall–Kier alpha value is -1.66. The Morgan fingerprint density at radius 1 is 1.10 bits per heavy atom. The van der Waals surface area contributed by atoms with Crippen LogP contribution in [0.1, 0.15) is 6.92 Å². The van der Waals surface area contributed by atoms with Crippen LogP contribution in [0.25, 0.3) is 0 Å². The third-order valence-corrected chi connectivity index (χ3v) is 5.57. The maximum atomic E-state index is 12.4. The largest absolute Gasteiger partial charge is 0.325 e. The lowest BCUT2D eigenvalue weighted by atomic mass is 10.3. The first-order chi connectivity index (χ1) is 9.91. The van der Waals surface area contributed by atoms with Gasteiger partial charge < -0.3 is 5.32 Å². The molecule has 0 radical (unpaired) electrons. The van der Waals surface area contributed by atoms with Crippen LogP contribution in [0.4, 0.5) is 5.69 Å². The van der Waals surface area contributed by atoms with Crippen molar-refractivity contribution in [2.45, 2.75) is 17.1 Å². The van der Waals surface area contributed by atoms with Crippen molar-refractivity contribution in [1.29, 1.82) is 0 Å². The summed E-state index contributed by atoms with van der Waals surface area (Å²) in [7, 11) is -3.69. The van der Waals surface area contributed by atoms with Gasteiger partial charge >= 0.3 is 0 Å². The second kappa shape index (κ2) is 6.41. The number of hydrogen-bond donors (Lipinski definition) is 1. The van der Waals surface area contributed by atoms with Crippen LogP contribution in [0.3, 0.4) is 0 Å². The average Bonchev–Trinajstić information content (AvgIpc) is 2.47. The van der Waals surface area contributed by atoms with E-state index >= 15 is 0 Å². The number of benzene rings is 2. The van der Waals surface area contributed by atoms with Crippen LogP contribution >= 0.6 is 15.9 Å². The zero-order chi connectivity index (χ0) is 15.5. The Bertz CT molecular complexity index is 745. The first-order valence-corrected chi connectivity index (χ1v) is 8.60. The predicted molar refractivity (Wildman–Crippen MR) is 85.9 cm³/mol. The molecule has 0 aromatic heterocycles. The van der Waals surface area contributed by atoms with Gasteiger partial charge in [0.25, 0.3) is 0 Å². The molecule has 2 rings (SSSR count). The molecule has 4 nitrogen and oxygen atoms in total. The number of carbonyl (C=O) groups is 1. The van der Waals surface area contributed by atoms with Crippen LogP contribution in [0.15, 0.2) is 64.0 Å². The number of sulfone groups is 1. The number of rotatable bonds is 4. The number of anilines is 1. The Labute approximate surface area is 132 Å². The van der Waals surface area contributed by atoms with E-state index in [-0.39, 0.29) is 4.90 Å². The highest BCUT2D eigenvalue weighted by Crippen LogP contribution is 2.19. The molecule has 0 saturated carbocycles. The molecular formula is C15H14BrNO3S. The van der Waals surface area contributed by atoms with Crippen molar-refractivity contribution < 1.29 is 13.2 Å². The molecule has 2 aromatic carbocycles. The van der Waals surface area contributed by atoms with Gasteiger partial charge in [0.2, 0.25) is 5.91 Å². The topological polar surface area (TPSA) is 63.2 Å². The van der Waals surface area contributed by atoms with Crippen molar-refractivity contribution in [1.82, 2.24) is 0 Å². The van der Waals surface area contributed by atoms with Crippen molar-refractivity contribution in [2.75, 3.05) is 5.32 Å². The smallest absolute Gasteiger partial charge is 0.242 e. The van der Waals surface area contributed by atoms with Crippen molar-refractivity contribution >= 4 is 37.4 Å². The van der Waals surface area contributed by atoms with E-state index in [4.69, 9.17) is 0 Å². The van der Waals surface area contributed by atoms with Crippen molar-refractivity contribution in [3.05, 3.63) is 59.1 Å². The first kappa shape index (κ1) is 15.7. The minimum absolute atomic E-state index is 0.141. The van der Waals surface area contributed by atoms with Gasteiger partial charge in [-0.15, -0.1) is 0 Å². The third-order valence-electron chi connectivity index (χ3n) is 3.00. The predicted octanol–water partition coefficient (Wildman–Crippen LogP) is 3.25. The number of nitrogens with one attached hydrogen (secondary N) is 1. The lowest BCUT2D eigenvalue weighted by molar-refractivity contribution is -0.115. The molecule has 0 aliphatic rings. The summed E-state index contributed by atoms with van der Waals surface area (Å²) < 4.78 is 25.5. The van der Waals surface area contributed by atoms with Crippen LogP contribution in [0, 0.1) is 0 Å². The summed E-state index contributed by atoms with van der Waals surface area (Å²) in [6, 6.07) is 14.9. The molecule has 0 aliphatic carbocycles. The fourth-order valence-electron chi connectivity index (χ4n) is 1.77. The van der Waals surface area contributed by atoms with Crippen LogP contribution in [-0.2, 0) is 14.6 Å². The van der Waals surface area contributed by atoms with Gasteiger partial charge in [0.1, 0.15) is 5.25 Å². The molecule has 0 aliphatic heterocycles. The fourth-order valence-corrected chi connectivity index (χ4v) is 3.45. The van der Waals surface area contributed by atoms with Crippen LogP contribution in [-0.4, -0.2) is 19.6 Å². The minimum atomic E-state index is -3.69. The highest BCUT2D eigenvalue weighted by atomic mass is 79.9. The minimum Gasteiger partial charge on any atom is -0.325 e. The highest BCUT2D eigenvalue weighted by molar-refractivity contribution is 9.10. The Balaban J connectivity index is 2.20. The lowest BCUT2D eigenvalue weighted by Crippen LogP contribution is -2.32. The maximum Gasteiger partial charge on any atom is 0.242 e. The molecule has 0 saturated heterocycles. The monoisotopic (exact) mass is 367 g/mol. The summed E-state index contributed by atoms with van der Waals surface area (Å²) >= 11 is 3.30. The maximum absolute atomic E-state index is 12.4. The lowest BCUT2D eigenvalue weighted by Gasteiger charge is -2.13. The van der Waals surface area contributed by atoms with Gasteiger partial charge in [0, 0.05) is 10.2 Å². The van der Waals surface area contributed by atoms with E-state index in [1.54, 1.807) is 36.4 Å². The molecule has 21 heavy (non-hydrogen) atoms. The van der Waals surface area contributed by atoms with E-state index in [9.17, 15) is 13.2 Å². The highest BCUT2D eigenvalue weighted by Gasteiger charge is 2.29. The van der Waals surface area contributed by atoms with E-state index < -0.39 is 21.0 Å². The summed E-state index contributed by atoms with van der Waals surface area (Å²) in [5, 5.41) is 1.44. The van der Waals surface area contributed by atoms with Gasteiger partial charge in [-0.05, 0) is 37.3 Å². The van der Waals surface area contributed by atoms with Crippen LogP contribution in [0.5, 0.6) is 0 Å². The summed E-state index contributed by atoms with van der Waals surface area (Å²) in [5.74, 6) is -0.558. The number of halogens is 1. The molecule has 0 bridgehead atoms. The molecule has 2 aromatic rings. The SMILES string of the molecule is CC(C(=O)Nc1cccc(Br)c1)S(=O)(=O)c1ccccc1. The third kappa shape index (κ3) is 3.71. The van der Waals surface area contributed by atoms with Gasteiger partial charge in [-0.3, -0.25) is 4.79 Å². The molecule has 6 heteroatoms. The molecular weight excluding hydrogens is 354 g/mol. The van der Waals surface area contributed by atoms with Gasteiger partial charge in [-0.2, -0.15) is 0 Å². The molecule has 1 unspecified atom stereocenters. The van der Waals surface area contributed by atoms with Gasteiger partial charge in [0.05, 0.1) is 4.90 Å². The average molecular weight is 368 g/mol. The summed E-state index contributed by atoms with van der Waals surface area (Å²) in [5.41, 5.74) is 0.546. The standard InChI is InChI=1S/C15H14BrNO3S/c1-11(21(19,20)14-8-3-2-4-9-14)15(18)17-13-7-5-6-12(16)10-13/h2-11H,1H3,(H,17,18). The molecule has 0 spiro atoms. The van der Waals surface area contributed by atoms with Crippen LogP contribution in [0.2, 0.25) is 0 Å². The Morgan fingerprint density at radius 3 is 2.38 bits per heavy atom. The molecule has 1 amide bonds. The molecule has 1 N–H and O–H groups in total.